The van der Waals surface area contributed by atoms with Crippen LogP contribution in [0.25, 0.3) is 5.76 Å². The topological polar surface area (TPSA) is 75.8 Å². The molecule has 0 saturated heterocycles. The molecular weight excluding hydrogens is 633 g/mol. The monoisotopic (exact) mass is 706 g/mol. The van der Waals surface area contributed by atoms with Gasteiger partial charge in [0.25, 0.3) is 0 Å². The summed E-state index contributed by atoms with van der Waals surface area (Å²) >= 11 is 0. The van der Waals surface area contributed by atoms with Crippen molar-refractivity contribution in [3.8, 4) is 0 Å². The van der Waals surface area contributed by atoms with Gasteiger partial charge in [-0.15, -0.1) is 0 Å². The Balaban J connectivity index is 2.94. The number of hydrogen-bond donors (Lipinski definition) is 1. The molecule has 1 aromatic rings. The molecule has 0 aromatic carbocycles. The lowest BCUT2D eigenvalue weighted by molar-refractivity contribution is -0.0619. The number of nitrogens with two attached hydrogens (primary N) is 1. The molecule has 3 atom stereocenters. The van der Waals surface area contributed by atoms with Crippen molar-refractivity contribution in [2.24, 2.45) is 0 Å². The first-order chi connectivity index (χ1) is 21.6. The Hall–Kier alpha value is -0.979. The molecule has 0 fully saturated rings. The molecule has 0 saturated carbocycles. The molecule has 9 heteroatoms. The van der Waals surface area contributed by atoms with Crippen molar-refractivity contribution >= 4 is 36.4 Å². The summed E-state index contributed by atoms with van der Waals surface area (Å²) in [4.78, 5) is 4.28. The van der Waals surface area contributed by atoms with Crippen molar-refractivity contribution in [1.29, 1.82) is 0 Å². The van der Waals surface area contributed by atoms with Gasteiger partial charge in [0.1, 0.15) is 18.0 Å². The predicted molar refractivity (Wildman–Crippen MR) is 210 cm³/mol. The Morgan fingerprint density at radius 3 is 1.43 bits per heavy atom. The Morgan fingerprint density at radius 2 is 1.04 bits per heavy atom. The predicted octanol–water partition coefficient (Wildman–Crippen LogP) is 11.7. The molecule has 0 amide bonds. The number of nitrogen functional groups attached to an aromatic ring is 1. The lowest BCUT2D eigenvalue weighted by Crippen LogP contribution is -2.61. The van der Waals surface area contributed by atoms with Crippen molar-refractivity contribution in [3.05, 3.63) is 30.1 Å². The maximum atomic E-state index is 7.79. The number of aromatic nitrogens is 1. The lowest BCUT2D eigenvalue weighted by Gasteiger charge is -2.52. The molecule has 1 aromatic heterocycles. The minimum atomic E-state index is -2.36. The van der Waals surface area contributed by atoms with Crippen molar-refractivity contribution in [2.75, 3.05) is 12.3 Å². The summed E-state index contributed by atoms with van der Waals surface area (Å²) in [5, 5.41) is 0. The van der Waals surface area contributed by atoms with E-state index >= 15 is 0 Å². The average molecular weight is 707 g/mol. The van der Waals surface area contributed by atoms with Crippen LogP contribution in [-0.4, -0.2) is 54.9 Å². The summed E-state index contributed by atoms with van der Waals surface area (Å²) in [6.07, 6.45) is 4.74. The number of ether oxygens (including phenoxy) is 1. The highest BCUT2D eigenvalue weighted by Crippen LogP contribution is 2.49. The van der Waals surface area contributed by atoms with E-state index in [-0.39, 0.29) is 18.3 Å². The zero-order valence-corrected chi connectivity index (χ0v) is 36.6. The molecule has 0 radical (unpaired) electrons. The van der Waals surface area contributed by atoms with E-state index in [1.165, 1.54) is 0 Å². The van der Waals surface area contributed by atoms with E-state index in [1.54, 1.807) is 12.4 Å². The van der Waals surface area contributed by atoms with Gasteiger partial charge in [0.2, 0.25) is 25.0 Å². The van der Waals surface area contributed by atoms with Crippen LogP contribution in [0.1, 0.15) is 130 Å². The standard InChI is InChI=1S/C38H74N2O4Si3/c1-24(2)45(25(3)4,26(5)6)41-23-37-38(44-47(30(13)14,31(15)16)32(17)18)36(43-46(27(7)8,28(9)10)29(11)12)21-35(42-37)33-19-20-40-22-34(33)39/h19-22,24-32,36-38H,23,39H2,1-18H3. The molecule has 272 valence electrons. The summed E-state index contributed by atoms with van der Waals surface area (Å²) in [5.41, 5.74) is 11.9. The summed E-state index contributed by atoms with van der Waals surface area (Å²) in [5.74, 6) is 0.749. The van der Waals surface area contributed by atoms with Crippen LogP contribution in [0.15, 0.2) is 24.5 Å². The van der Waals surface area contributed by atoms with Crippen LogP contribution < -0.4 is 5.73 Å². The Labute approximate surface area is 293 Å². The number of rotatable bonds is 17. The molecule has 3 unspecified atom stereocenters. The molecule has 2 heterocycles. The fourth-order valence-electron chi connectivity index (χ4n) is 9.90. The van der Waals surface area contributed by atoms with Gasteiger partial charge < -0.3 is 23.7 Å². The zero-order valence-electron chi connectivity index (χ0n) is 33.6. The van der Waals surface area contributed by atoms with Gasteiger partial charge in [0, 0.05) is 11.8 Å². The lowest BCUT2D eigenvalue weighted by atomic mass is 10.0. The fourth-order valence-corrected chi connectivity index (χ4v) is 26.4. The third kappa shape index (κ3) is 8.33. The van der Waals surface area contributed by atoms with Gasteiger partial charge in [-0.1, -0.05) is 125 Å². The number of nitrogens with zero attached hydrogens (tertiary/aromatic N) is 1. The summed E-state index contributed by atoms with van der Waals surface area (Å²) in [6, 6.07) is 1.96. The minimum absolute atomic E-state index is 0.296. The van der Waals surface area contributed by atoms with E-state index < -0.39 is 25.0 Å². The first kappa shape index (κ1) is 42.2. The summed E-state index contributed by atoms with van der Waals surface area (Å²) < 4.78 is 30.0. The average Bonchev–Trinajstić information content (AvgIpc) is 2.93. The van der Waals surface area contributed by atoms with Gasteiger partial charge in [-0.05, 0) is 62.0 Å². The highest BCUT2D eigenvalue weighted by Gasteiger charge is 2.55. The molecule has 0 bridgehead atoms. The van der Waals surface area contributed by atoms with E-state index in [1.807, 2.05) is 6.07 Å². The van der Waals surface area contributed by atoms with Crippen molar-refractivity contribution < 1.29 is 18.0 Å². The number of hydrogen-bond acceptors (Lipinski definition) is 6. The smallest absolute Gasteiger partial charge is 0.201 e. The SMILES string of the molecule is CC(C)[Si](OCC1OC(c2ccncc2N)=CC(O[Si](C(C)C)(C(C)C)C(C)C)C1O[Si](C(C)C)(C(C)C)C(C)C)(C(C)C)C(C)C. The fraction of sp³-hybridized carbons (Fsp3) is 0.816. The van der Waals surface area contributed by atoms with Crippen LogP contribution in [0.3, 0.4) is 0 Å². The molecule has 47 heavy (non-hydrogen) atoms. The molecule has 0 aliphatic carbocycles. The van der Waals surface area contributed by atoms with E-state index in [2.05, 4.69) is 136 Å². The van der Waals surface area contributed by atoms with Gasteiger partial charge in [-0.25, -0.2) is 0 Å². The quantitative estimate of drug-likeness (QED) is 0.163. The number of pyridine rings is 1. The van der Waals surface area contributed by atoms with Gasteiger partial charge in [-0.2, -0.15) is 0 Å². The normalized spacial score (nSPS) is 20.2. The van der Waals surface area contributed by atoms with E-state index in [4.69, 9.17) is 23.7 Å². The second kappa shape index (κ2) is 16.8. The maximum Gasteiger partial charge on any atom is 0.201 e. The second-order valence-corrected chi connectivity index (χ2v) is 33.4. The van der Waals surface area contributed by atoms with E-state index in [0.717, 1.165) is 11.3 Å². The molecule has 1 aliphatic heterocycles. The maximum absolute atomic E-state index is 7.79. The first-order valence-electron chi connectivity index (χ1n) is 18.7. The Morgan fingerprint density at radius 1 is 0.638 bits per heavy atom. The summed E-state index contributed by atoms with van der Waals surface area (Å²) in [7, 11) is -6.91. The van der Waals surface area contributed by atoms with Crippen LogP contribution in [0.2, 0.25) is 49.9 Å². The highest BCUT2D eigenvalue weighted by atomic mass is 28.4. The van der Waals surface area contributed by atoms with E-state index in [9.17, 15) is 0 Å². The molecule has 0 spiro atoms. The van der Waals surface area contributed by atoms with Gasteiger partial charge in [0.15, 0.2) is 0 Å². The third-order valence-electron chi connectivity index (χ3n) is 11.7. The van der Waals surface area contributed by atoms with Crippen molar-refractivity contribution in [1.82, 2.24) is 4.98 Å². The zero-order chi connectivity index (χ0) is 36.2. The molecule has 1 aliphatic rings. The second-order valence-electron chi connectivity index (χ2n) is 17.1. The first-order valence-corrected chi connectivity index (χ1v) is 25.1. The minimum Gasteiger partial charge on any atom is -0.485 e. The third-order valence-corrected chi connectivity index (χ3v) is 30.0. The van der Waals surface area contributed by atoms with E-state index in [0.29, 0.717) is 62.2 Å². The molecular formula is C38H74N2O4Si3. The van der Waals surface area contributed by atoms with Crippen LogP contribution in [0.4, 0.5) is 5.69 Å². The van der Waals surface area contributed by atoms with Gasteiger partial charge in [0.05, 0.1) is 24.6 Å². The molecule has 2 N–H and O–H groups in total. The van der Waals surface area contributed by atoms with Gasteiger partial charge in [-0.3, -0.25) is 4.98 Å². The Bertz CT molecular complexity index is 1080. The molecule has 2 rings (SSSR count). The van der Waals surface area contributed by atoms with Crippen LogP contribution in [-0.2, 0) is 18.0 Å². The van der Waals surface area contributed by atoms with Crippen LogP contribution in [0, 0.1) is 0 Å². The van der Waals surface area contributed by atoms with Gasteiger partial charge >= 0.3 is 0 Å². The molecule has 6 nitrogen and oxygen atoms in total. The number of anilines is 1. The highest BCUT2D eigenvalue weighted by molar-refractivity contribution is 6.78. The van der Waals surface area contributed by atoms with Crippen molar-refractivity contribution in [2.45, 2.75) is 193 Å². The van der Waals surface area contributed by atoms with Crippen LogP contribution in [0.5, 0.6) is 0 Å². The Kier molecular flexibility index (Phi) is 15.1. The largest absolute Gasteiger partial charge is 0.485 e. The summed E-state index contributed by atoms with van der Waals surface area (Å²) in [6.45, 7) is 42.9. The van der Waals surface area contributed by atoms with Crippen molar-refractivity contribution in [3.63, 3.8) is 0 Å². The van der Waals surface area contributed by atoms with Crippen LogP contribution >= 0.6 is 0 Å².